The lowest BCUT2D eigenvalue weighted by atomic mass is 9.99. The van der Waals surface area contributed by atoms with E-state index in [2.05, 4.69) is 42.4 Å². The monoisotopic (exact) mass is 258 g/mol. The van der Waals surface area contributed by atoms with Crippen LogP contribution in [-0.4, -0.2) is 20.1 Å². The van der Waals surface area contributed by atoms with E-state index >= 15 is 0 Å². The number of nitrogens with zero attached hydrogens (tertiary/aromatic N) is 1. The third-order valence-corrected chi connectivity index (χ3v) is 4.72. The normalized spacial score (nSPS) is 20.2. The van der Waals surface area contributed by atoms with Crippen molar-refractivity contribution in [1.82, 2.24) is 5.32 Å². The molecular weight excluding hydrogens is 232 g/mol. The Kier molecular flexibility index (Phi) is 3.79. The second-order valence-electron chi connectivity index (χ2n) is 6.43. The Morgan fingerprint density at radius 2 is 2.21 bits per heavy atom. The average molecular weight is 258 g/mol. The van der Waals surface area contributed by atoms with E-state index in [1.165, 1.54) is 55.6 Å². The van der Waals surface area contributed by atoms with Crippen LogP contribution in [0.1, 0.15) is 37.3 Å². The van der Waals surface area contributed by atoms with E-state index in [1.54, 1.807) is 0 Å². The lowest BCUT2D eigenvalue weighted by molar-refractivity contribution is 0.461. The molecule has 1 aromatic carbocycles. The zero-order valence-corrected chi connectivity index (χ0v) is 12.3. The van der Waals surface area contributed by atoms with E-state index in [1.807, 2.05) is 0 Å². The molecule has 19 heavy (non-hydrogen) atoms. The van der Waals surface area contributed by atoms with Crippen LogP contribution in [0, 0.1) is 11.8 Å². The molecule has 1 aromatic rings. The van der Waals surface area contributed by atoms with Crippen LogP contribution >= 0.6 is 0 Å². The molecule has 2 nitrogen and oxygen atoms in total. The van der Waals surface area contributed by atoms with E-state index in [0.29, 0.717) is 0 Å². The molecule has 2 aliphatic rings. The maximum Gasteiger partial charge on any atom is 0.0396 e. The highest BCUT2D eigenvalue weighted by atomic mass is 15.1. The summed E-state index contributed by atoms with van der Waals surface area (Å²) in [7, 11) is 2.20. The lowest BCUT2D eigenvalue weighted by Crippen LogP contribution is -2.25. The highest BCUT2D eigenvalue weighted by Gasteiger charge is 2.27. The van der Waals surface area contributed by atoms with Crippen molar-refractivity contribution in [2.75, 3.05) is 25.0 Å². The smallest absolute Gasteiger partial charge is 0.0396 e. The van der Waals surface area contributed by atoms with Crippen molar-refractivity contribution in [3.05, 3.63) is 29.3 Å². The number of aryl methyl sites for hydroxylation is 1. The van der Waals surface area contributed by atoms with Crippen LogP contribution < -0.4 is 10.2 Å². The first-order valence-corrected chi connectivity index (χ1v) is 7.77. The van der Waals surface area contributed by atoms with Gasteiger partial charge in [0.1, 0.15) is 0 Å². The average Bonchev–Trinajstić information content (AvgIpc) is 3.23. The number of anilines is 1. The molecule has 1 aliphatic heterocycles. The van der Waals surface area contributed by atoms with E-state index in [9.17, 15) is 0 Å². The zero-order chi connectivity index (χ0) is 13.2. The van der Waals surface area contributed by atoms with E-state index in [-0.39, 0.29) is 0 Å². The Bertz CT molecular complexity index is 437. The standard InChI is InChI=1S/C17H26N2/c1-13(15-6-7-15)11-18-12-14-5-8-17-16(10-14)4-3-9-19(17)2/h5,8,10,13,15,18H,3-4,6-7,9,11-12H2,1-2H3. The van der Waals surface area contributed by atoms with Gasteiger partial charge in [0.25, 0.3) is 0 Å². The predicted molar refractivity (Wildman–Crippen MR) is 81.6 cm³/mol. The van der Waals surface area contributed by atoms with Gasteiger partial charge in [0, 0.05) is 25.8 Å². The van der Waals surface area contributed by atoms with Crippen molar-refractivity contribution in [2.45, 2.75) is 39.2 Å². The molecule has 0 amide bonds. The lowest BCUT2D eigenvalue weighted by Gasteiger charge is -2.28. The fourth-order valence-electron chi connectivity index (χ4n) is 3.22. The Labute approximate surface area is 117 Å². The minimum Gasteiger partial charge on any atom is -0.374 e. The number of benzene rings is 1. The largest absolute Gasteiger partial charge is 0.374 e. The zero-order valence-electron chi connectivity index (χ0n) is 12.3. The fourth-order valence-corrected chi connectivity index (χ4v) is 3.22. The first-order chi connectivity index (χ1) is 9.24. The van der Waals surface area contributed by atoms with Crippen molar-refractivity contribution in [1.29, 1.82) is 0 Å². The summed E-state index contributed by atoms with van der Waals surface area (Å²) in [4.78, 5) is 2.38. The molecule has 1 fully saturated rings. The van der Waals surface area contributed by atoms with Gasteiger partial charge in [-0.05, 0) is 61.3 Å². The fraction of sp³-hybridized carbons (Fsp3) is 0.647. The van der Waals surface area contributed by atoms with Gasteiger partial charge in [-0.25, -0.2) is 0 Å². The summed E-state index contributed by atoms with van der Waals surface area (Å²) < 4.78 is 0. The van der Waals surface area contributed by atoms with Gasteiger partial charge >= 0.3 is 0 Å². The van der Waals surface area contributed by atoms with Crippen LogP contribution in [0.2, 0.25) is 0 Å². The highest BCUT2D eigenvalue weighted by Crippen LogP contribution is 2.36. The third-order valence-electron chi connectivity index (χ3n) is 4.72. The van der Waals surface area contributed by atoms with E-state index in [0.717, 1.165) is 18.4 Å². The second kappa shape index (κ2) is 5.54. The minimum atomic E-state index is 0.851. The van der Waals surface area contributed by atoms with Gasteiger partial charge in [-0.15, -0.1) is 0 Å². The summed E-state index contributed by atoms with van der Waals surface area (Å²) in [5.41, 5.74) is 4.40. The van der Waals surface area contributed by atoms with Crippen LogP contribution in [-0.2, 0) is 13.0 Å². The van der Waals surface area contributed by atoms with Crippen LogP contribution in [0.15, 0.2) is 18.2 Å². The summed E-state index contributed by atoms with van der Waals surface area (Å²) in [6.45, 7) is 5.77. The SMILES string of the molecule is CC(CNCc1ccc2c(c1)CCCN2C)C1CC1. The number of rotatable bonds is 5. The Balaban J connectivity index is 1.56. The van der Waals surface area contributed by atoms with Crippen LogP contribution in [0.25, 0.3) is 0 Å². The number of nitrogens with one attached hydrogen (secondary N) is 1. The molecule has 0 bridgehead atoms. The molecule has 1 N–H and O–H groups in total. The van der Waals surface area contributed by atoms with Gasteiger partial charge in [0.15, 0.2) is 0 Å². The maximum absolute atomic E-state index is 3.63. The Morgan fingerprint density at radius 3 is 3.00 bits per heavy atom. The molecular formula is C17H26N2. The van der Waals surface area contributed by atoms with Crippen molar-refractivity contribution in [3.63, 3.8) is 0 Å². The molecule has 1 saturated carbocycles. The molecule has 1 atom stereocenters. The molecule has 1 unspecified atom stereocenters. The summed E-state index contributed by atoms with van der Waals surface area (Å²) in [6, 6.07) is 6.99. The Morgan fingerprint density at radius 1 is 1.37 bits per heavy atom. The van der Waals surface area contributed by atoms with Crippen molar-refractivity contribution >= 4 is 5.69 Å². The van der Waals surface area contributed by atoms with Crippen LogP contribution in [0.3, 0.4) is 0 Å². The van der Waals surface area contributed by atoms with E-state index < -0.39 is 0 Å². The Hall–Kier alpha value is -1.02. The quantitative estimate of drug-likeness (QED) is 0.872. The molecule has 3 rings (SSSR count). The van der Waals surface area contributed by atoms with Gasteiger partial charge in [-0.1, -0.05) is 19.1 Å². The van der Waals surface area contributed by atoms with Gasteiger partial charge in [-0.2, -0.15) is 0 Å². The summed E-state index contributed by atoms with van der Waals surface area (Å²) in [5, 5.41) is 3.63. The van der Waals surface area contributed by atoms with Gasteiger partial charge in [-0.3, -0.25) is 0 Å². The molecule has 1 heterocycles. The first kappa shape index (κ1) is 13.0. The molecule has 2 heteroatoms. The summed E-state index contributed by atoms with van der Waals surface area (Å²) in [6.07, 6.45) is 5.44. The molecule has 1 aliphatic carbocycles. The molecule has 0 spiro atoms. The van der Waals surface area contributed by atoms with Crippen molar-refractivity contribution in [3.8, 4) is 0 Å². The van der Waals surface area contributed by atoms with Gasteiger partial charge < -0.3 is 10.2 Å². The van der Waals surface area contributed by atoms with Gasteiger partial charge in [0.2, 0.25) is 0 Å². The number of hydrogen-bond acceptors (Lipinski definition) is 2. The van der Waals surface area contributed by atoms with E-state index in [4.69, 9.17) is 0 Å². The van der Waals surface area contributed by atoms with Gasteiger partial charge in [0.05, 0.1) is 0 Å². The highest BCUT2D eigenvalue weighted by molar-refractivity contribution is 5.56. The molecule has 0 saturated heterocycles. The van der Waals surface area contributed by atoms with Crippen LogP contribution in [0.4, 0.5) is 5.69 Å². The predicted octanol–water partition coefficient (Wildman–Crippen LogP) is 3.20. The minimum absolute atomic E-state index is 0.851. The summed E-state index contributed by atoms with van der Waals surface area (Å²) >= 11 is 0. The van der Waals surface area contributed by atoms with Crippen molar-refractivity contribution in [2.24, 2.45) is 11.8 Å². The second-order valence-corrected chi connectivity index (χ2v) is 6.43. The molecule has 0 radical (unpaired) electrons. The molecule has 0 aromatic heterocycles. The third kappa shape index (κ3) is 3.11. The maximum atomic E-state index is 3.63. The number of fused-ring (bicyclic) bond motifs is 1. The first-order valence-electron chi connectivity index (χ1n) is 7.77. The van der Waals surface area contributed by atoms with Crippen molar-refractivity contribution < 1.29 is 0 Å². The molecule has 104 valence electrons. The van der Waals surface area contributed by atoms with Crippen LogP contribution in [0.5, 0.6) is 0 Å². The number of hydrogen-bond donors (Lipinski definition) is 1. The summed E-state index contributed by atoms with van der Waals surface area (Å²) in [5.74, 6) is 1.86. The topological polar surface area (TPSA) is 15.3 Å².